The van der Waals surface area contributed by atoms with Crippen LogP contribution in [0.15, 0.2) is 71.6 Å². The molecule has 156 valence electrons. The van der Waals surface area contributed by atoms with Crippen LogP contribution in [0.25, 0.3) is 0 Å². The Bertz CT molecular complexity index is 1170. The highest BCUT2D eigenvalue weighted by Crippen LogP contribution is 2.24. The number of amides is 1. The molecule has 0 heterocycles. The van der Waals surface area contributed by atoms with E-state index in [-0.39, 0.29) is 23.8 Å². The molecule has 5 nitrogen and oxygen atoms in total. The van der Waals surface area contributed by atoms with Gasteiger partial charge in [-0.05, 0) is 47.9 Å². The third-order valence-electron chi connectivity index (χ3n) is 4.45. The van der Waals surface area contributed by atoms with E-state index in [0.29, 0.717) is 21.3 Å². The van der Waals surface area contributed by atoms with Crippen molar-refractivity contribution in [2.24, 2.45) is 0 Å². The molecule has 0 fully saturated rings. The maximum atomic E-state index is 12.7. The van der Waals surface area contributed by atoms with Gasteiger partial charge in [0.2, 0.25) is 15.9 Å². The Balaban J connectivity index is 1.72. The van der Waals surface area contributed by atoms with Crippen LogP contribution in [0.2, 0.25) is 10.0 Å². The van der Waals surface area contributed by atoms with Gasteiger partial charge in [-0.15, -0.1) is 0 Å². The number of hydrogen-bond donors (Lipinski definition) is 2. The van der Waals surface area contributed by atoms with Crippen molar-refractivity contribution in [1.82, 2.24) is 4.72 Å². The fraction of sp³-hybridized carbons (Fsp3) is 0.136. The van der Waals surface area contributed by atoms with E-state index in [1.807, 2.05) is 30.3 Å². The summed E-state index contributed by atoms with van der Waals surface area (Å²) in [5, 5.41) is 3.56. The molecule has 3 rings (SSSR count). The fourth-order valence-corrected chi connectivity index (χ4v) is 4.15. The average Bonchev–Trinajstić information content (AvgIpc) is 2.71. The van der Waals surface area contributed by atoms with Gasteiger partial charge in [-0.2, -0.15) is 0 Å². The molecule has 2 N–H and O–H groups in total. The number of benzene rings is 3. The minimum Gasteiger partial charge on any atom is -0.326 e. The highest BCUT2D eigenvalue weighted by molar-refractivity contribution is 7.89. The lowest BCUT2D eigenvalue weighted by Crippen LogP contribution is -2.23. The number of carbonyl (C=O) groups is 1. The number of nitrogens with one attached hydrogen (secondary N) is 2. The van der Waals surface area contributed by atoms with Crippen LogP contribution in [0.1, 0.15) is 16.7 Å². The molecule has 0 bridgehead atoms. The number of aryl methyl sites for hydroxylation is 1. The Labute approximate surface area is 186 Å². The number of rotatable bonds is 7. The second kappa shape index (κ2) is 9.62. The van der Waals surface area contributed by atoms with E-state index in [4.69, 9.17) is 23.2 Å². The highest BCUT2D eigenvalue weighted by Gasteiger charge is 2.16. The third kappa shape index (κ3) is 5.83. The van der Waals surface area contributed by atoms with Crippen LogP contribution >= 0.6 is 23.2 Å². The first-order chi connectivity index (χ1) is 14.2. The number of sulfonamides is 1. The van der Waals surface area contributed by atoms with Crippen molar-refractivity contribution in [3.05, 3.63) is 93.5 Å². The summed E-state index contributed by atoms with van der Waals surface area (Å²) < 4.78 is 27.9. The first-order valence-electron chi connectivity index (χ1n) is 9.12. The molecule has 0 saturated heterocycles. The van der Waals surface area contributed by atoms with Crippen LogP contribution in [0.3, 0.4) is 0 Å². The summed E-state index contributed by atoms with van der Waals surface area (Å²) in [6.45, 7) is 1.97. The smallest absolute Gasteiger partial charge is 0.240 e. The topological polar surface area (TPSA) is 75.3 Å². The Morgan fingerprint density at radius 3 is 2.33 bits per heavy atom. The number of anilines is 1. The molecule has 0 aliphatic rings. The summed E-state index contributed by atoms with van der Waals surface area (Å²) in [7, 11) is -3.74. The number of halogens is 2. The number of carbonyl (C=O) groups excluding carboxylic acids is 1. The van der Waals surface area contributed by atoms with Crippen molar-refractivity contribution in [2.45, 2.75) is 24.8 Å². The van der Waals surface area contributed by atoms with E-state index in [1.54, 1.807) is 31.2 Å². The zero-order chi connectivity index (χ0) is 21.7. The summed E-state index contributed by atoms with van der Waals surface area (Å²) in [5.74, 6) is -0.289. The normalized spacial score (nSPS) is 11.3. The quantitative estimate of drug-likeness (QED) is 0.520. The molecule has 0 saturated carbocycles. The zero-order valence-electron chi connectivity index (χ0n) is 16.2. The minimum atomic E-state index is -3.74. The van der Waals surface area contributed by atoms with Crippen LogP contribution in [0.4, 0.5) is 5.69 Å². The molecule has 1 amide bonds. The number of hydrogen-bond acceptors (Lipinski definition) is 3. The predicted octanol–water partition coefficient (Wildman–Crippen LogP) is 4.96. The first-order valence-corrected chi connectivity index (χ1v) is 11.4. The van der Waals surface area contributed by atoms with Crippen LogP contribution in [-0.4, -0.2) is 14.3 Å². The van der Waals surface area contributed by atoms with Gasteiger partial charge in [0.1, 0.15) is 0 Å². The van der Waals surface area contributed by atoms with Gasteiger partial charge in [0.15, 0.2) is 0 Å². The summed E-state index contributed by atoms with van der Waals surface area (Å²) in [6.07, 6.45) is 0.0829. The molecule has 3 aromatic rings. The first kappa shape index (κ1) is 22.3. The predicted molar refractivity (Wildman–Crippen MR) is 120 cm³/mol. The minimum absolute atomic E-state index is 0.0777. The Morgan fingerprint density at radius 2 is 1.63 bits per heavy atom. The lowest BCUT2D eigenvalue weighted by molar-refractivity contribution is -0.115. The summed E-state index contributed by atoms with van der Waals surface area (Å²) in [6, 6.07) is 18.8. The second-order valence-corrected chi connectivity index (χ2v) is 9.34. The summed E-state index contributed by atoms with van der Waals surface area (Å²) >= 11 is 11.9. The largest absolute Gasteiger partial charge is 0.326 e. The molecule has 0 aromatic heterocycles. The van der Waals surface area contributed by atoms with Crippen molar-refractivity contribution >= 4 is 44.8 Å². The van der Waals surface area contributed by atoms with Crippen molar-refractivity contribution in [2.75, 3.05) is 5.32 Å². The lowest BCUT2D eigenvalue weighted by Gasteiger charge is -2.12. The standard InChI is InChI=1S/C22H20Cl2N2O3S/c1-15-7-9-18(30(28,29)25-14-16-5-3-2-4-6-16)13-21(15)26-22(27)12-17-8-10-19(23)20(24)11-17/h2-11,13,25H,12,14H2,1H3,(H,26,27). The molecule has 8 heteroatoms. The zero-order valence-corrected chi connectivity index (χ0v) is 18.5. The molecule has 3 aromatic carbocycles. The van der Waals surface area contributed by atoms with Crippen LogP contribution in [-0.2, 0) is 27.8 Å². The maximum absolute atomic E-state index is 12.7. The SMILES string of the molecule is Cc1ccc(S(=O)(=O)NCc2ccccc2)cc1NC(=O)Cc1ccc(Cl)c(Cl)c1. The van der Waals surface area contributed by atoms with Gasteiger partial charge in [-0.25, -0.2) is 13.1 Å². The van der Waals surface area contributed by atoms with E-state index in [1.165, 1.54) is 12.1 Å². The summed E-state index contributed by atoms with van der Waals surface area (Å²) in [4.78, 5) is 12.5. The van der Waals surface area contributed by atoms with Gasteiger partial charge < -0.3 is 5.32 Å². The van der Waals surface area contributed by atoms with E-state index < -0.39 is 10.0 Å². The molecule has 0 atom stereocenters. The van der Waals surface area contributed by atoms with E-state index in [0.717, 1.165) is 11.1 Å². The molecular weight excluding hydrogens is 443 g/mol. The van der Waals surface area contributed by atoms with Crippen molar-refractivity contribution in [3.63, 3.8) is 0 Å². The Morgan fingerprint density at radius 1 is 0.900 bits per heavy atom. The van der Waals surface area contributed by atoms with Crippen molar-refractivity contribution in [3.8, 4) is 0 Å². The van der Waals surface area contributed by atoms with E-state index in [9.17, 15) is 13.2 Å². The van der Waals surface area contributed by atoms with Gasteiger partial charge in [0.25, 0.3) is 0 Å². The van der Waals surface area contributed by atoms with Gasteiger partial charge in [-0.1, -0.05) is 65.7 Å². The van der Waals surface area contributed by atoms with Crippen molar-refractivity contribution in [1.29, 1.82) is 0 Å². The highest BCUT2D eigenvalue weighted by atomic mass is 35.5. The molecule has 0 aliphatic heterocycles. The average molecular weight is 463 g/mol. The Kier molecular flexibility index (Phi) is 7.15. The maximum Gasteiger partial charge on any atom is 0.240 e. The Hall–Kier alpha value is -2.38. The molecule has 0 unspecified atom stereocenters. The van der Waals surface area contributed by atoms with Crippen LogP contribution < -0.4 is 10.0 Å². The molecule has 0 aliphatic carbocycles. The second-order valence-electron chi connectivity index (χ2n) is 6.76. The van der Waals surface area contributed by atoms with Gasteiger partial charge in [0, 0.05) is 12.2 Å². The lowest BCUT2D eigenvalue weighted by atomic mass is 10.1. The molecule has 0 spiro atoms. The van der Waals surface area contributed by atoms with E-state index in [2.05, 4.69) is 10.0 Å². The molecular formula is C22H20Cl2N2O3S. The van der Waals surface area contributed by atoms with Crippen LogP contribution in [0, 0.1) is 6.92 Å². The molecule has 30 heavy (non-hydrogen) atoms. The van der Waals surface area contributed by atoms with Crippen molar-refractivity contribution < 1.29 is 13.2 Å². The molecule has 0 radical (unpaired) electrons. The van der Waals surface area contributed by atoms with Crippen LogP contribution in [0.5, 0.6) is 0 Å². The monoisotopic (exact) mass is 462 g/mol. The van der Waals surface area contributed by atoms with E-state index >= 15 is 0 Å². The van der Waals surface area contributed by atoms with Gasteiger partial charge in [-0.3, -0.25) is 4.79 Å². The summed E-state index contributed by atoms with van der Waals surface area (Å²) in [5.41, 5.74) is 2.73. The fourth-order valence-electron chi connectivity index (χ4n) is 2.79. The van der Waals surface area contributed by atoms with Gasteiger partial charge >= 0.3 is 0 Å². The third-order valence-corrected chi connectivity index (χ3v) is 6.59. The van der Waals surface area contributed by atoms with Gasteiger partial charge in [0.05, 0.1) is 21.4 Å².